The van der Waals surface area contributed by atoms with Crippen molar-refractivity contribution >= 4 is 10.2 Å². The zero-order chi connectivity index (χ0) is 11.1. The molecule has 0 aliphatic heterocycles. The number of rotatable bonds is 2. The maximum Gasteiger partial charge on any atom is 0.426 e. The number of halogens is 7. The van der Waals surface area contributed by atoms with Crippen molar-refractivity contribution in [3.05, 3.63) is 0 Å². The van der Waals surface area contributed by atoms with Crippen LogP contribution in [0.5, 0.6) is 0 Å². The van der Waals surface area contributed by atoms with Crippen molar-refractivity contribution in [1.82, 2.24) is 0 Å². The third-order valence-corrected chi connectivity index (χ3v) is 1.76. The first-order valence-electron chi connectivity index (χ1n) is 2.43. The summed E-state index contributed by atoms with van der Waals surface area (Å²) in [4.78, 5) is 0. The molecule has 0 aliphatic rings. The minimum Gasteiger partial charge on any atom is -0.229 e. The van der Waals surface area contributed by atoms with Crippen LogP contribution in [0.3, 0.4) is 0 Å². The first-order valence-corrected chi connectivity index (χ1v) is 3.82. The Morgan fingerprint density at radius 2 is 1.31 bits per heavy atom. The van der Waals surface area contributed by atoms with Gasteiger partial charge in [-0.05, 0) is 0 Å². The largest absolute Gasteiger partial charge is 0.426 e. The van der Waals surface area contributed by atoms with E-state index in [0.29, 0.717) is 0 Å². The summed E-state index contributed by atoms with van der Waals surface area (Å²) in [5, 5.41) is -6.11. The Hall–Kier alpha value is -0.540. The predicted molar refractivity (Wildman–Crippen MR) is 25.9 cm³/mol. The smallest absolute Gasteiger partial charge is 0.229 e. The number of hydrogen-bond donors (Lipinski definition) is 0. The van der Waals surface area contributed by atoms with Crippen molar-refractivity contribution < 1.29 is 38.6 Å². The van der Waals surface area contributed by atoms with E-state index in [0.717, 1.165) is 0 Å². The third-order valence-electron chi connectivity index (χ3n) is 0.908. The fourth-order valence-corrected chi connectivity index (χ4v) is 0.695. The van der Waals surface area contributed by atoms with Gasteiger partial charge in [-0.15, -0.1) is 0 Å². The summed E-state index contributed by atoms with van der Waals surface area (Å²) in [5.41, 5.74) is 0. The molecule has 10 heteroatoms. The average Bonchev–Trinajstić information content (AvgIpc) is 1.81. The molecular weight excluding hydrogens is 233 g/mol. The van der Waals surface area contributed by atoms with Gasteiger partial charge in [0.2, 0.25) is 0 Å². The Morgan fingerprint density at radius 3 is 1.38 bits per heavy atom. The van der Waals surface area contributed by atoms with E-state index in [1.807, 2.05) is 0 Å². The van der Waals surface area contributed by atoms with Crippen molar-refractivity contribution in [1.29, 1.82) is 0 Å². The fourth-order valence-electron chi connectivity index (χ4n) is 0.314. The van der Waals surface area contributed by atoms with Crippen LogP contribution in [0.25, 0.3) is 0 Å². The van der Waals surface area contributed by atoms with Gasteiger partial charge >= 0.3 is 21.7 Å². The van der Waals surface area contributed by atoms with Gasteiger partial charge in [0.05, 0.1) is 0 Å². The topological polar surface area (TPSA) is 34.1 Å². The van der Waals surface area contributed by atoms with Gasteiger partial charge in [0, 0.05) is 0 Å². The Morgan fingerprint density at radius 1 is 1.00 bits per heavy atom. The lowest BCUT2D eigenvalue weighted by Gasteiger charge is -2.18. The Kier molecular flexibility index (Phi) is 2.87. The number of alkyl halides is 6. The molecule has 0 aromatic rings. The molecular formula is C3HF7O2S. The van der Waals surface area contributed by atoms with Crippen LogP contribution in [0.4, 0.5) is 30.2 Å². The SMILES string of the molecule is O=S(=O)(F)C(F)(F)C(F)C(F)(F)F. The highest BCUT2D eigenvalue weighted by atomic mass is 32.3. The van der Waals surface area contributed by atoms with Gasteiger partial charge in [-0.3, -0.25) is 0 Å². The van der Waals surface area contributed by atoms with Crippen molar-refractivity contribution in [3.63, 3.8) is 0 Å². The molecule has 0 heterocycles. The van der Waals surface area contributed by atoms with Gasteiger partial charge in [-0.2, -0.15) is 30.4 Å². The lowest BCUT2D eigenvalue weighted by Crippen LogP contribution is -2.45. The molecule has 1 unspecified atom stereocenters. The summed E-state index contributed by atoms with van der Waals surface area (Å²) < 4.78 is 99.0. The molecule has 0 aliphatic carbocycles. The van der Waals surface area contributed by atoms with E-state index in [1.54, 1.807) is 0 Å². The molecule has 0 amide bonds. The van der Waals surface area contributed by atoms with Gasteiger partial charge in [0.25, 0.3) is 6.17 Å². The van der Waals surface area contributed by atoms with Crippen molar-refractivity contribution in [2.45, 2.75) is 17.6 Å². The van der Waals surface area contributed by atoms with Crippen LogP contribution in [-0.2, 0) is 10.2 Å². The van der Waals surface area contributed by atoms with Crippen LogP contribution < -0.4 is 0 Å². The van der Waals surface area contributed by atoms with Crippen LogP contribution in [0.1, 0.15) is 0 Å². The zero-order valence-corrected chi connectivity index (χ0v) is 6.26. The monoisotopic (exact) mass is 234 g/mol. The van der Waals surface area contributed by atoms with E-state index < -0.39 is 27.8 Å². The highest BCUT2D eigenvalue weighted by molar-refractivity contribution is 7.87. The second-order valence-corrected chi connectivity index (χ2v) is 3.32. The van der Waals surface area contributed by atoms with Gasteiger partial charge in [0.15, 0.2) is 0 Å². The normalized spacial score (nSPS) is 17.2. The summed E-state index contributed by atoms with van der Waals surface area (Å²) in [6.07, 6.45) is -11.2. The molecule has 0 radical (unpaired) electrons. The molecule has 0 aromatic heterocycles. The zero-order valence-electron chi connectivity index (χ0n) is 5.45. The van der Waals surface area contributed by atoms with Crippen molar-refractivity contribution in [2.75, 3.05) is 0 Å². The maximum atomic E-state index is 11.8. The van der Waals surface area contributed by atoms with Crippen LogP contribution in [0.15, 0.2) is 0 Å². The number of hydrogen-bond acceptors (Lipinski definition) is 2. The summed E-state index contributed by atoms with van der Waals surface area (Å²) in [6, 6.07) is 0. The molecule has 2 nitrogen and oxygen atoms in total. The standard InChI is InChI=1S/C3HF7O2S/c4-1(2(5,6)7)3(8,9)13(10,11)12/h1H. The molecule has 80 valence electrons. The summed E-state index contributed by atoms with van der Waals surface area (Å²) in [7, 11) is -6.91. The van der Waals surface area contributed by atoms with Gasteiger partial charge in [-0.1, -0.05) is 3.89 Å². The van der Waals surface area contributed by atoms with E-state index in [4.69, 9.17) is 0 Å². The molecule has 1 atom stereocenters. The first kappa shape index (κ1) is 12.5. The molecule has 0 saturated carbocycles. The van der Waals surface area contributed by atoms with E-state index in [9.17, 15) is 38.6 Å². The van der Waals surface area contributed by atoms with Crippen LogP contribution in [0, 0.1) is 0 Å². The maximum absolute atomic E-state index is 11.8. The lowest BCUT2D eigenvalue weighted by molar-refractivity contribution is -0.222. The van der Waals surface area contributed by atoms with Crippen LogP contribution in [0.2, 0.25) is 0 Å². The highest BCUT2D eigenvalue weighted by Gasteiger charge is 2.65. The van der Waals surface area contributed by atoms with Crippen LogP contribution in [-0.4, -0.2) is 26.0 Å². The van der Waals surface area contributed by atoms with E-state index in [2.05, 4.69) is 0 Å². The van der Waals surface area contributed by atoms with Gasteiger partial charge in [-0.25, -0.2) is 4.39 Å². The first-order chi connectivity index (χ1) is 5.40. The van der Waals surface area contributed by atoms with E-state index in [1.165, 1.54) is 0 Å². The molecule has 0 spiro atoms. The Balaban J connectivity index is 5.09. The molecule has 13 heavy (non-hydrogen) atoms. The average molecular weight is 234 g/mol. The molecule has 0 N–H and O–H groups in total. The summed E-state index contributed by atoms with van der Waals surface area (Å²) in [6.45, 7) is 0. The quantitative estimate of drug-likeness (QED) is 0.539. The molecule has 0 aromatic carbocycles. The lowest BCUT2D eigenvalue weighted by atomic mass is 10.4. The second kappa shape index (κ2) is 3.00. The highest BCUT2D eigenvalue weighted by Crippen LogP contribution is 2.38. The minimum absolute atomic E-state index is 5.07. The predicted octanol–water partition coefficient (Wildman–Crippen LogP) is 1.78. The molecule has 0 rings (SSSR count). The molecule has 0 fully saturated rings. The molecule has 0 bridgehead atoms. The minimum atomic E-state index is -6.91. The Bertz CT molecular complexity index is 277. The fraction of sp³-hybridized carbons (Fsp3) is 1.00. The van der Waals surface area contributed by atoms with Crippen molar-refractivity contribution in [2.24, 2.45) is 0 Å². The molecule has 0 saturated heterocycles. The summed E-state index contributed by atoms with van der Waals surface area (Å²) >= 11 is 0. The summed E-state index contributed by atoms with van der Waals surface area (Å²) in [5.74, 6) is 0. The van der Waals surface area contributed by atoms with Crippen LogP contribution >= 0.6 is 0 Å². The van der Waals surface area contributed by atoms with E-state index in [-0.39, 0.29) is 0 Å². The van der Waals surface area contributed by atoms with Gasteiger partial charge < -0.3 is 0 Å². The van der Waals surface area contributed by atoms with E-state index >= 15 is 0 Å². The van der Waals surface area contributed by atoms with Crippen molar-refractivity contribution in [3.8, 4) is 0 Å². The third kappa shape index (κ3) is 2.45. The van der Waals surface area contributed by atoms with Gasteiger partial charge in [0.1, 0.15) is 0 Å². The Labute approximate surface area is 67.5 Å². The second-order valence-electron chi connectivity index (χ2n) is 1.90.